The number of rotatable bonds is 7. The molecule has 6 nitrogen and oxygen atoms in total. The van der Waals surface area contributed by atoms with Gasteiger partial charge in [0.2, 0.25) is 0 Å². The number of ether oxygens (including phenoxy) is 2. The normalized spacial score (nSPS) is 16.0. The van der Waals surface area contributed by atoms with E-state index in [1.807, 2.05) is 61.7 Å². The number of hydrogen-bond donors (Lipinski definition) is 0. The molecule has 0 fully saturated rings. The predicted octanol–water partition coefficient (Wildman–Crippen LogP) is 4.04. The van der Waals surface area contributed by atoms with Gasteiger partial charge in [0.05, 0.1) is 28.5 Å². The highest BCUT2D eigenvalue weighted by atomic mass is 32.1. The van der Waals surface area contributed by atoms with Crippen molar-refractivity contribution in [2.24, 2.45) is 4.99 Å². The molecule has 1 aliphatic heterocycles. The van der Waals surface area contributed by atoms with Gasteiger partial charge in [0, 0.05) is 4.88 Å². The van der Waals surface area contributed by atoms with Crippen LogP contribution >= 0.6 is 22.7 Å². The minimum absolute atomic E-state index is 0.175. The Morgan fingerprint density at radius 3 is 2.64 bits per heavy atom. The molecule has 3 heterocycles. The number of esters is 1. The van der Waals surface area contributed by atoms with E-state index in [9.17, 15) is 9.59 Å². The summed E-state index contributed by atoms with van der Waals surface area (Å²) in [6.07, 6.45) is 2.53. The van der Waals surface area contributed by atoms with Crippen LogP contribution in [-0.4, -0.2) is 23.2 Å². The zero-order valence-corrected chi connectivity index (χ0v) is 20.7. The molecular weight excluding hydrogens is 456 g/mol. The molecule has 172 valence electrons. The van der Waals surface area contributed by atoms with Crippen molar-refractivity contribution in [1.82, 2.24) is 4.57 Å². The lowest BCUT2D eigenvalue weighted by Gasteiger charge is -2.24. The van der Waals surface area contributed by atoms with Crippen LogP contribution in [0.15, 0.2) is 62.8 Å². The molecule has 8 heteroatoms. The van der Waals surface area contributed by atoms with Gasteiger partial charge in [-0.05, 0) is 62.4 Å². The molecule has 0 radical (unpaired) electrons. The maximum absolute atomic E-state index is 13.5. The van der Waals surface area contributed by atoms with Gasteiger partial charge in [-0.1, -0.05) is 36.5 Å². The molecule has 1 atom stereocenters. The zero-order chi connectivity index (χ0) is 23.5. The van der Waals surface area contributed by atoms with Gasteiger partial charge < -0.3 is 9.47 Å². The summed E-state index contributed by atoms with van der Waals surface area (Å²) < 4.78 is 13.3. The molecule has 0 spiro atoms. The molecular formula is C25H26N2O4S2. The number of thiophene rings is 1. The Hall–Kier alpha value is -2.97. The molecule has 1 aliphatic rings. The molecule has 4 rings (SSSR count). The second kappa shape index (κ2) is 9.89. The Bertz CT molecular complexity index is 1350. The van der Waals surface area contributed by atoms with Crippen LogP contribution in [0.5, 0.6) is 5.75 Å². The Kier molecular flexibility index (Phi) is 6.95. The van der Waals surface area contributed by atoms with E-state index >= 15 is 0 Å². The first kappa shape index (κ1) is 23.2. The van der Waals surface area contributed by atoms with Gasteiger partial charge in [-0.25, -0.2) is 9.79 Å². The predicted molar refractivity (Wildman–Crippen MR) is 132 cm³/mol. The molecule has 0 N–H and O–H groups in total. The first-order chi connectivity index (χ1) is 15.9. The third-order valence-corrected chi connectivity index (χ3v) is 6.96. The SMILES string of the molecule is CCCOc1ccc(/C=c2/sc3n(c2=O)C(c2cccs2)C(C(=O)OC(C)C)=C(C)N=3)cc1. The lowest BCUT2D eigenvalue weighted by molar-refractivity contribution is -0.143. The summed E-state index contributed by atoms with van der Waals surface area (Å²) in [4.78, 5) is 32.6. The Balaban J connectivity index is 1.80. The van der Waals surface area contributed by atoms with Crippen LogP contribution in [-0.2, 0) is 9.53 Å². The van der Waals surface area contributed by atoms with Gasteiger partial charge in [-0.3, -0.25) is 9.36 Å². The maximum Gasteiger partial charge on any atom is 0.338 e. The second-order valence-electron chi connectivity index (χ2n) is 7.97. The van der Waals surface area contributed by atoms with Crippen LogP contribution < -0.4 is 19.6 Å². The number of carbonyl (C=O) groups is 1. The van der Waals surface area contributed by atoms with E-state index in [0.29, 0.717) is 27.2 Å². The van der Waals surface area contributed by atoms with Gasteiger partial charge in [-0.15, -0.1) is 11.3 Å². The number of hydrogen-bond acceptors (Lipinski definition) is 7. The van der Waals surface area contributed by atoms with Crippen molar-refractivity contribution >= 4 is 34.7 Å². The molecule has 0 saturated heterocycles. The lowest BCUT2D eigenvalue weighted by Crippen LogP contribution is -2.39. The summed E-state index contributed by atoms with van der Waals surface area (Å²) in [5, 5.41) is 1.94. The molecule has 0 aliphatic carbocycles. The molecule has 0 amide bonds. The fourth-order valence-corrected chi connectivity index (χ4v) is 5.48. The lowest BCUT2D eigenvalue weighted by atomic mass is 10.0. The molecule has 1 aromatic carbocycles. The number of allylic oxidation sites excluding steroid dienone is 1. The average Bonchev–Trinajstić information content (AvgIpc) is 3.40. The maximum atomic E-state index is 13.5. The second-order valence-corrected chi connectivity index (χ2v) is 9.96. The van der Waals surface area contributed by atoms with Crippen molar-refractivity contribution in [3.63, 3.8) is 0 Å². The fraction of sp³-hybridized carbons (Fsp3) is 0.320. The zero-order valence-electron chi connectivity index (χ0n) is 19.0. The third kappa shape index (κ3) is 4.86. The average molecular weight is 483 g/mol. The van der Waals surface area contributed by atoms with Crippen LogP contribution in [0.1, 0.15) is 50.6 Å². The van der Waals surface area contributed by atoms with Crippen molar-refractivity contribution in [3.05, 3.63) is 83.2 Å². The molecule has 3 aromatic rings. The first-order valence-electron chi connectivity index (χ1n) is 10.9. The molecule has 0 saturated carbocycles. The van der Waals surface area contributed by atoms with Crippen LogP contribution in [0.4, 0.5) is 0 Å². The van der Waals surface area contributed by atoms with Crippen LogP contribution in [0, 0.1) is 0 Å². The van der Waals surface area contributed by atoms with Gasteiger partial charge in [0.25, 0.3) is 5.56 Å². The Morgan fingerprint density at radius 1 is 1.24 bits per heavy atom. The number of benzene rings is 1. The third-order valence-electron chi connectivity index (χ3n) is 5.05. The first-order valence-corrected chi connectivity index (χ1v) is 12.6. The summed E-state index contributed by atoms with van der Waals surface area (Å²) >= 11 is 2.82. The van der Waals surface area contributed by atoms with Crippen LogP contribution in [0.2, 0.25) is 0 Å². The standard InChI is InChI=1S/C25H26N2O4S2/c1-5-12-30-18-10-8-17(9-11-18)14-20-23(28)27-22(19-7-6-13-32-19)21(24(29)31-15(2)3)16(4)26-25(27)33-20/h6-11,13-15,22H,5,12H2,1-4H3/b20-14+. The smallest absolute Gasteiger partial charge is 0.338 e. The quantitative estimate of drug-likeness (QED) is 0.477. The number of aromatic nitrogens is 1. The van der Waals surface area contributed by atoms with Crippen molar-refractivity contribution in [1.29, 1.82) is 0 Å². The van der Waals surface area contributed by atoms with Crippen LogP contribution in [0.3, 0.4) is 0 Å². The largest absolute Gasteiger partial charge is 0.494 e. The van der Waals surface area contributed by atoms with E-state index in [-0.39, 0.29) is 11.7 Å². The summed E-state index contributed by atoms with van der Waals surface area (Å²) in [5.41, 5.74) is 1.70. The van der Waals surface area contributed by atoms with Crippen LogP contribution in [0.25, 0.3) is 6.08 Å². The summed E-state index contributed by atoms with van der Waals surface area (Å²) in [6.45, 7) is 8.14. The number of carbonyl (C=O) groups excluding carboxylic acids is 1. The number of fused-ring (bicyclic) bond motifs is 1. The molecule has 2 aromatic heterocycles. The van der Waals surface area contributed by atoms with Gasteiger partial charge in [0.1, 0.15) is 11.8 Å². The van der Waals surface area contributed by atoms with Gasteiger partial charge >= 0.3 is 5.97 Å². The van der Waals surface area contributed by atoms with Gasteiger partial charge in [0.15, 0.2) is 4.80 Å². The summed E-state index contributed by atoms with van der Waals surface area (Å²) in [5.74, 6) is 0.360. The van der Waals surface area contributed by atoms with Gasteiger partial charge in [-0.2, -0.15) is 0 Å². The minimum Gasteiger partial charge on any atom is -0.494 e. The highest BCUT2D eigenvalue weighted by Crippen LogP contribution is 2.33. The molecule has 0 bridgehead atoms. The summed E-state index contributed by atoms with van der Waals surface area (Å²) in [6, 6.07) is 10.9. The highest BCUT2D eigenvalue weighted by molar-refractivity contribution is 7.10. The van der Waals surface area contributed by atoms with E-state index in [4.69, 9.17) is 9.47 Å². The van der Waals surface area contributed by atoms with E-state index in [1.54, 1.807) is 11.5 Å². The fourth-order valence-electron chi connectivity index (χ4n) is 3.61. The topological polar surface area (TPSA) is 69.9 Å². The van der Waals surface area contributed by atoms with E-state index in [0.717, 1.165) is 22.6 Å². The van der Waals surface area contributed by atoms with Crippen molar-refractivity contribution in [2.45, 2.75) is 46.3 Å². The highest BCUT2D eigenvalue weighted by Gasteiger charge is 2.34. The molecule has 1 unspecified atom stereocenters. The van der Waals surface area contributed by atoms with E-state index in [1.165, 1.54) is 22.7 Å². The molecule has 33 heavy (non-hydrogen) atoms. The minimum atomic E-state index is -0.556. The van der Waals surface area contributed by atoms with E-state index < -0.39 is 12.0 Å². The van der Waals surface area contributed by atoms with E-state index in [2.05, 4.69) is 11.9 Å². The Morgan fingerprint density at radius 2 is 2.00 bits per heavy atom. The number of nitrogens with zero attached hydrogens (tertiary/aromatic N) is 2. The van der Waals surface area contributed by atoms with Crippen molar-refractivity contribution in [3.8, 4) is 5.75 Å². The number of thiazole rings is 1. The summed E-state index contributed by atoms with van der Waals surface area (Å²) in [7, 11) is 0. The van der Waals surface area contributed by atoms with Crippen molar-refractivity contribution in [2.75, 3.05) is 6.61 Å². The Labute approximate surface area is 200 Å². The van der Waals surface area contributed by atoms with Crippen molar-refractivity contribution < 1.29 is 14.3 Å². The monoisotopic (exact) mass is 482 g/mol.